The molecule has 3 heterocycles. The molecule has 0 radical (unpaired) electrons. The predicted molar refractivity (Wildman–Crippen MR) is 205 cm³/mol. The minimum absolute atomic E-state index is 0.00507. The SMILES string of the molecule is C=CCCCCN(C)C(=O)[C@@H]1C[C@H](Oc2cc(-c3nc(C(F)(F)F)cs3)nc3c(C)c(OC)ccc23)CN1C(=O)N[C@]1(C(=O)NCCC2(C)CC2)C[C@H]1C=C. The summed E-state index contributed by atoms with van der Waals surface area (Å²) in [7, 11) is 3.21. The number of thiazole rings is 1. The lowest BCUT2D eigenvalue weighted by atomic mass is 10.1. The van der Waals surface area contributed by atoms with E-state index in [1.807, 2.05) is 6.08 Å². The number of benzene rings is 1. The fraction of sp³-hybridized carbons (Fsp3) is 0.525. The number of urea groups is 1. The number of likely N-dealkylation sites (tertiary alicyclic amines) is 1. The van der Waals surface area contributed by atoms with Gasteiger partial charge in [0.05, 0.1) is 19.2 Å². The summed E-state index contributed by atoms with van der Waals surface area (Å²) in [6.45, 7) is 12.6. The zero-order valence-electron chi connectivity index (χ0n) is 31.8. The third-order valence-electron chi connectivity index (χ3n) is 11.2. The number of methoxy groups -OCH3 is 1. The van der Waals surface area contributed by atoms with E-state index in [4.69, 9.17) is 9.47 Å². The first-order valence-corrected chi connectivity index (χ1v) is 19.5. The molecule has 55 heavy (non-hydrogen) atoms. The lowest BCUT2D eigenvalue weighted by molar-refractivity contribution is -0.140. The van der Waals surface area contributed by atoms with Gasteiger partial charge in [-0.05, 0) is 69.4 Å². The average Bonchev–Trinajstić information content (AvgIpc) is 3.90. The Hall–Kier alpha value is -4.66. The van der Waals surface area contributed by atoms with E-state index < -0.39 is 35.6 Å². The maximum atomic E-state index is 14.2. The summed E-state index contributed by atoms with van der Waals surface area (Å²) in [6, 6.07) is 3.57. The van der Waals surface area contributed by atoms with E-state index in [9.17, 15) is 27.6 Å². The number of nitrogens with zero attached hydrogens (tertiary/aromatic N) is 4. The number of carbonyl (C=O) groups excluding carboxylic acids is 3. The highest BCUT2D eigenvalue weighted by Gasteiger charge is 2.60. The van der Waals surface area contributed by atoms with Crippen LogP contribution in [-0.4, -0.2) is 89.1 Å². The number of nitrogens with one attached hydrogen (secondary N) is 2. The second-order valence-electron chi connectivity index (χ2n) is 15.3. The molecule has 0 unspecified atom stereocenters. The van der Waals surface area contributed by atoms with Crippen LogP contribution in [0.25, 0.3) is 21.6 Å². The van der Waals surface area contributed by atoms with Gasteiger partial charge in [0.25, 0.3) is 0 Å². The van der Waals surface area contributed by atoms with Crippen LogP contribution < -0.4 is 20.1 Å². The first-order chi connectivity index (χ1) is 26.1. The van der Waals surface area contributed by atoms with Crippen LogP contribution in [0.5, 0.6) is 11.5 Å². The fourth-order valence-electron chi connectivity index (χ4n) is 7.25. The summed E-state index contributed by atoms with van der Waals surface area (Å²) in [5, 5.41) is 7.56. The Labute approximate surface area is 323 Å². The molecule has 4 atom stereocenters. The van der Waals surface area contributed by atoms with Crippen LogP contribution in [-0.2, 0) is 15.8 Å². The van der Waals surface area contributed by atoms with Gasteiger partial charge in [0.1, 0.15) is 39.9 Å². The van der Waals surface area contributed by atoms with E-state index in [0.29, 0.717) is 47.5 Å². The third kappa shape index (κ3) is 8.61. The van der Waals surface area contributed by atoms with Crippen molar-refractivity contribution in [3.63, 3.8) is 0 Å². The van der Waals surface area contributed by atoms with Crippen molar-refractivity contribution in [3.8, 4) is 22.2 Å². The lowest BCUT2D eigenvalue weighted by Gasteiger charge is -2.29. The highest BCUT2D eigenvalue weighted by Crippen LogP contribution is 2.48. The standard InChI is InChI=1S/C40H49F3N6O5S/c1-7-9-10-11-18-48(5)35(50)29-19-26(22-49(29)37(52)47-39(21-25(39)8-2)36(51)44-17-16-38(4)14-15-38)54-31-20-28(34-46-32(23-55-34)40(41,42)43)45-33-24(3)30(53-6)13-12-27(31)33/h7-8,12-13,20,23,25-26,29H,1-2,9-11,14-19,21-22H2,3-6H3,(H,44,51)(H,47,52)/t25-,26+,29+,39-/m1/s1. The maximum Gasteiger partial charge on any atom is 0.434 e. The lowest BCUT2D eigenvalue weighted by Crippen LogP contribution is -2.57. The van der Waals surface area contributed by atoms with Crippen molar-refractivity contribution in [3.05, 3.63) is 60.1 Å². The smallest absolute Gasteiger partial charge is 0.434 e. The van der Waals surface area contributed by atoms with Crippen molar-refractivity contribution in [1.29, 1.82) is 0 Å². The molecule has 1 aromatic carbocycles. The van der Waals surface area contributed by atoms with E-state index in [0.717, 1.165) is 55.2 Å². The Bertz CT molecular complexity index is 1960. The van der Waals surface area contributed by atoms with E-state index in [1.54, 1.807) is 43.1 Å². The molecule has 1 aliphatic heterocycles. The molecule has 6 rings (SSSR count). The molecule has 11 nitrogen and oxygen atoms in total. The zero-order chi connectivity index (χ0) is 39.7. The summed E-state index contributed by atoms with van der Waals surface area (Å²) in [5.74, 6) is 0.0214. The number of unbranched alkanes of at least 4 members (excludes halogenated alkanes) is 2. The fourth-order valence-corrected chi connectivity index (χ4v) is 8.03. The van der Waals surface area contributed by atoms with Gasteiger partial charge in [0, 0.05) is 54.9 Å². The van der Waals surface area contributed by atoms with Gasteiger partial charge in [-0.1, -0.05) is 19.1 Å². The van der Waals surface area contributed by atoms with Crippen molar-refractivity contribution in [1.82, 2.24) is 30.4 Å². The minimum Gasteiger partial charge on any atom is -0.496 e. The molecule has 0 bridgehead atoms. The predicted octanol–water partition coefficient (Wildman–Crippen LogP) is 7.29. The Morgan fingerprint density at radius 3 is 2.56 bits per heavy atom. The molecular formula is C40H49F3N6O5S. The summed E-state index contributed by atoms with van der Waals surface area (Å²) in [6.07, 6.45) is 4.23. The molecule has 2 saturated carbocycles. The van der Waals surface area contributed by atoms with Crippen molar-refractivity contribution < 1.29 is 37.0 Å². The largest absolute Gasteiger partial charge is 0.496 e. The van der Waals surface area contributed by atoms with Crippen molar-refractivity contribution >= 4 is 40.1 Å². The molecule has 3 aliphatic rings. The number of rotatable bonds is 16. The van der Waals surface area contributed by atoms with Crippen LogP contribution in [0, 0.1) is 18.3 Å². The van der Waals surface area contributed by atoms with Crippen LogP contribution >= 0.6 is 11.3 Å². The summed E-state index contributed by atoms with van der Waals surface area (Å²) in [5.41, 5.74) is -0.686. The third-order valence-corrected chi connectivity index (χ3v) is 12.0. The summed E-state index contributed by atoms with van der Waals surface area (Å²) < 4.78 is 52.7. The monoisotopic (exact) mass is 782 g/mol. The van der Waals surface area contributed by atoms with Gasteiger partial charge in [-0.3, -0.25) is 9.59 Å². The molecule has 2 aromatic heterocycles. The van der Waals surface area contributed by atoms with Crippen LogP contribution in [0.1, 0.15) is 69.5 Å². The van der Waals surface area contributed by atoms with Gasteiger partial charge < -0.3 is 29.9 Å². The number of hydrogen-bond donors (Lipinski definition) is 2. The first kappa shape index (κ1) is 40.0. The number of amides is 4. The normalized spacial score (nSPS) is 22.5. The molecule has 3 fully saturated rings. The second kappa shape index (κ2) is 15.8. The minimum atomic E-state index is -4.63. The number of aromatic nitrogens is 2. The zero-order valence-corrected chi connectivity index (χ0v) is 32.6. The van der Waals surface area contributed by atoms with Crippen LogP contribution in [0.15, 0.2) is 48.9 Å². The molecule has 15 heteroatoms. The van der Waals surface area contributed by atoms with Crippen molar-refractivity contribution in [2.24, 2.45) is 11.3 Å². The number of aryl methyl sites for hydroxylation is 1. The molecule has 296 valence electrons. The number of ether oxygens (including phenoxy) is 2. The number of hydrogen-bond acceptors (Lipinski definition) is 8. The van der Waals surface area contributed by atoms with Gasteiger partial charge in [0.15, 0.2) is 5.69 Å². The molecule has 3 aromatic rings. The Balaban J connectivity index is 1.29. The van der Waals surface area contributed by atoms with Crippen LogP contribution in [0.3, 0.4) is 0 Å². The van der Waals surface area contributed by atoms with E-state index in [-0.39, 0.29) is 46.8 Å². The second-order valence-corrected chi connectivity index (χ2v) is 16.1. The van der Waals surface area contributed by atoms with Gasteiger partial charge in [-0.25, -0.2) is 14.8 Å². The molecular weight excluding hydrogens is 734 g/mol. The Kier molecular flexibility index (Phi) is 11.5. The highest BCUT2D eigenvalue weighted by molar-refractivity contribution is 7.13. The maximum absolute atomic E-state index is 14.2. The van der Waals surface area contributed by atoms with Gasteiger partial charge in [-0.2, -0.15) is 13.2 Å². The van der Waals surface area contributed by atoms with Crippen molar-refractivity contribution in [2.75, 3.05) is 33.8 Å². The topological polar surface area (TPSA) is 126 Å². The van der Waals surface area contributed by atoms with Crippen LogP contribution in [0.4, 0.5) is 18.0 Å². The van der Waals surface area contributed by atoms with Crippen LogP contribution in [0.2, 0.25) is 0 Å². The number of pyridine rings is 1. The molecule has 1 saturated heterocycles. The summed E-state index contributed by atoms with van der Waals surface area (Å²) >= 11 is 0.814. The molecule has 0 spiro atoms. The number of fused-ring (bicyclic) bond motifs is 1. The average molecular weight is 783 g/mol. The quantitative estimate of drug-likeness (QED) is 0.116. The van der Waals surface area contributed by atoms with Gasteiger partial charge in [-0.15, -0.1) is 24.5 Å². The summed E-state index contributed by atoms with van der Waals surface area (Å²) in [4.78, 5) is 53.4. The van der Waals surface area contributed by atoms with E-state index in [1.165, 1.54) is 12.0 Å². The molecule has 2 aliphatic carbocycles. The van der Waals surface area contributed by atoms with E-state index >= 15 is 0 Å². The van der Waals surface area contributed by atoms with E-state index in [2.05, 4.69) is 40.7 Å². The number of allylic oxidation sites excluding steroid dienone is 1. The Morgan fingerprint density at radius 2 is 1.93 bits per heavy atom. The first-order valence-electron chi connectivity index (χ1n) is 18.7. The number of carbonyl (C=O) groups is 3. The number of likely N-dealkylation sites (N-methyl/N-ethyl adjacent to an activating group) is 1. The Morgan fingerprint density at radius 1 is 1.16 bits per heavy atom. The highest BCUT2D eigenvalue weighted by atomic mass is 32.1. The van der Waals surface area contributed by atoms with Crippen molar-refractivity contribution in [2.45, 2.75) is 89.1 Å². The number of halogens is 3. The van der Waals surface area contributed by atoms with Gasteiger partial charge in [0.2, 0.25) is 11.8 Å². The molecule has 4 amide bonds. The molecule has 2 N–H and O–H groups in total. The van der Waals surface area contributed by atoms with Gasteiger partial charge >= 0.3 is 12.2 Å². The number of alkyl halides is 3.